The van der Waals surface area contributed by atoms with Crippen molar-refractivity contribution in [3.05, 3.63) is 61.5 Å². The van der Waals surface area contributed by atoms with Crippen LogP contribution in [0.2, 0.25) is 20.1 Å². The third-order valence-electron chi connectivity index (χ3n) is 4.65. The van der Waals surface area contributed by atoms with Gasteiger partial charge in [0.15, 0.2) is 5.75 Å². The van der Waals surface area contributed by atoms with E-state index in [-0.39, 0.29) is 12.0 Å². The second-order valence-corrected chi connectivity index (χ2v) is 8.42. The fourth-order valence-electron chi connectivity index (χ4n) is 3.26. The molecule has 0 aliphatic carbocycles. The lowest BCUT2D eigenvalue weighted by Gasteiger charge is -2.26. The monoisotopic (exact) mass is 475 g/mol. The summed E-state index contributed by atoms with van der Waals surface area (Å²) in [6.07, 6.45) is 1.87. The molecule has 1 atom stereocenters. The molecule has 0 aromatic heterocycles. The summed E-state index contributed by atoms with van der Waals surface area (Å²) in [5.41, 5.74) is 1.18. The van der Waals surface area contributed by atoms with Crippen molar-refractivity contribution in [3.8, 4) is 5.75 Å². The Bertz CT molecular complexity index is 861. The molecule has 0 saturated carbocycles. The lowest BCUT2D eigenvalue weighted by atomic mass is 10.1. The summed E-state index contributed by atoms with van der Waals surface area (Å²) < 4.78 is 11.2. The summed E-state index contributed by atoms with van der Waals surface area (Å²) in [7, 11) is 0. The van der Waals surface area contributed by atoms with Gasteiger partial charge in [-0.1, -0.05) is 52.5 Å². The topological polar surface area (TPSA) is 38.8 Å². The molecule has 1 aliphatic rings. The number of amides is 1. The Morgan fingerprint density at radius 3 is 2.45 bits per heavy atom. The molecular weight excluding hydrogens is 456 g/mol. The molecule has 156 valence electrons. The Kier molecular flexibility index (Phi) is 7.94. The van der Waals surface area contributed by atoms with Crippen LogP contribution >= 0.6 is 46.4 Å². The fourth-order valence-corrected chi connectivity index (χ4v) is 4.32. The fraction of sp³-hybridized carbons (Fsp3) is 0.381. The number of benzene rings is 2. The smallest absolute Gasteiger partial charge is 0.254 e. The van der Waals surface area contributed by atoms with Crippen molar-refractivity contribution >= 4 is 52.3 Å². The standard InChI is InChI=1S/C21H21Cl4NO3/c1-2-28-20-18(24)8-14(9-19(20)25)21(27)26(12-16-4-3-7-29-16)11-13-5-6-15(22)10-17(13)23/h5-6,8-10,16H,2-4,7,11-12H2,1H3/t16-/m0/s1. The summed E-state index contributed by atoms with van der Waals surface area (Å²) in [4.78, 5) is 15.0. The minimum Gasteiger partial charge on any atom is -0.491 e. The molecule has 0 radical (unpaired) electrons. The van der Waals surface area contributed by atoms with E-state index < -0.39 is 0 Å². The van der Waals surface area contributed by atoms with Crippen LogP contribution in [0.5, 0.6) is 5.75 Å². The van der Waals surface area contributed by atoms with Crippen LogP contribution in [0.1, 0.15) is 35.7 Å². The number of hydrogen-bond donors (Lipinski definition) is 0. The lowest BCUT2D eigenvalue weighted by Crippen LogP contribution is -2.37. The van der Waals surface area contributed by atoms with Crippen molar-refractivity contribution < 1.29 is 14.3 Å². The summed E-state index contributed by atoms with van der Waals surface area (Å²) in [5, 5.41) is 1.64. The predicted molar refractivity (Wildman–Crippen MR) is 118 cm³/mol. The Balaban J connectivity index is 1.89. The van der Waals surface area contributed by atoms with Gasteiger partial charge in [-0.25, -0.2) is 0 Å². The van der Waals surface area contributed by atoms with Crippen LogP contribution in [-0.4, -0.2) is 36.7 Å². The molecule has 1 aliphatic heterocycles. The summed E-state index contributed by atoms with van der Waals surface area (Å²) in [6, 6.07) is 8.39. The van der Waals surface area contributed by atoms with Crippen molar-refractivity contribution in [2.75, 3.05) is 19.8 Å². The van der Waals surface area contributed by atoms with Gasteiger partial charge >= 0.3 is 0 Å². The summed E-state index contributed by atoms with van der Waals surface area (Å²) in [6.45, 7) is 3.73. The van der Waals surface area contributed by atoms with Gasteiger partial charge in [-0.3, -0.25) is 4.79 Å². The van der Waals surface area contributed by atoms with Crippen molar-refractivity contribution in [3.63, 3.8) is 0 Å². The van der Waals surface area contributed by atoms with E-state index in [9.17, 15) is 4.79 Å². The third kappa shape index (κ3) is 5.71. The first-order valence-corrected chi connectivity index (χ1v) is 10.9. The maximum absolute atomic E-state index is 13.3. The Hall–Kier alpha value is -1.17. The van der Waals surface area contributed by atoms with E-state index in [0.717, 1.165) is 18.4 Å². The average Bonchev–Trinajstić information content (AvgIpc) is 3.18. The lowest BCUT2D eigenvalue weighted by molar-refractivity contribution is 0.0507. The number of halogens is 4. The first-order chi connectivity index (χ1) is 13.9. The molecule has 1 amide bonds. The molecule has 0 N–H and O–H groups in total. The molecule has 2 aromatic carbocycles. The predicted octanol–water partition coefficient (Wildman–Crippen LogP) is 6.52. The third-order valence-corrected chi connectivity index (χ3v) is 5.79. The molecule has 2 aromatic rings. The Labute approximate surface area is 190 Å². The van der Waals surface area contributed by atoms with Gasteiger partial charge in [-0.2, -0.15) is 0 Å². The highest BCUT2D eigenvalue weighted by Crippen LogP contribution is 2.35. The van der Waals surface area contributed by atoms with E-state index in [4.69, 9.17) is 55.9 Å². The normalized spacial score (nSPS) is 16.1. The molecule has 1 saturated heterocycles. The van der Waals surface area contributed by atoms with Crippen molar-refractivity contribution in [1.29, 1.82) is 0 Å². The second-order valence-electron chi connectivity index (χ2n) is 6.76. The van der Waals surface area contributed by atoms with Gasteiger partial charge in [0.25, 0.3) is 5.91 Å². The van der Waals surface area contributed by atoms with E-state index in [1.54, 1.807) is 29.2 Å². The quantitative estimate of drug-likeness (QED) is 0.456. The van der Waals surface area contributed by atoms with Crippen molar-refractivity contribution in [1.82, 2.24) is 4.90 Å². The zero-order valence-corrected chi connectivity index (χ0v) is 18.9. The molecule has 1 heterocycles. The van der Waals surface area contributed by atoms with E-state index >= 15 is 0 Å². The number of nitrogens with zero attached hydrogens (tertiary/aromatic N) is 1. The molecular formula is C21H21Cl4NO3. The van der Waals surface area contributed by atoms with Gasteiger partial charge in [-0.15, -0.1) is 0 Å². The van der Waals surface area contributed by atoms with Crippen LogP contribution in [0, 0.1) is 0 Å². The Morgan fingerprint density at radius 1 is 1.14 bits per heavy atom. The van der Waals surface area contributed by atoms with Crippen molar-refractivity contribution in [2.24, 2.45) is 0 Å². The van der Waals surface area contributed by atoms with Gasteiger partial charge < -0.3 is 14.4 Å². The van der Waals surface area contributed by atoms with Crippen LogP contribution in [0.25, 0.3) is 0 Å². The van der Waals surface area contributed by atoms with Crippen LogP contribution in [0.15, 0.2) is 30.3 Å². The molecule has 8 heteroatoms. The highest BCUT2D eigenvalue weighted by Gasteiger charge is 2.25. The minimum atomic E-state index is -0.210. The van der Waals surface area contributed by atoms with Gasteiger partial charge in [-0.05, 0) is 49.6 Å². The number of hydrogen-bond acceptors (Lipinski definition) is 3. The maximum atomic E-state index is 13.3. The minimum absolute atomic E-state index is 0.0151. The summed E-state index contributed by atoms with van der Waals surface area (Å²) >= 11 is 24.9. The number of carbonyl (C=O) groups excluding carboxylic acids is 1. The van der Waals surface area contributed by atoms with E-state index in [1.807, 2.05) is 13.0 Å². The molecule has 1 fully saturated rings. The summed E-state index contributed by atoms with van der Waals surface area (Å²) in [5.74, 6) is 0.164. The van der Waals surface area contributed by atoms with Gasteiger partial charge in [0, 0.05) is 35.3 Å². The maximum Gasteiger partial charge on any atom is 0.254 e. The average molecular weight is 477 g/mol. The van der Waals surface area contributed by atoms with Crippen molar-refractivity contribution in [2.45, 2.75) is 32.4 Å². The second kappa shape index (κ2) is 10.2. The van der Waals surface area contributed by atoms with Gasteiger partial charge in [0.2, 0.25) is 0 Å². The zero-order valence-electron chi connectivity index (χ0n) is 15.9. The van der Waals surface area contributed by atoms with E-state index in [1.165, 1.54) is 0 Å². The highest BCUT2D eigenvalue weighted by atomic mass is 35.5. The van der Waals surface area contributed by atoms with Crippen LogP contribution in [0.4, 0.5) is 0 Å². The molecule has 4 nitrogen and oxygen atoms in total. The van der Waals surface area contributed by atoms with E-state index in [0.29, 0.717) is 57.7 Å². The van der Waals surface area contributed by atoms with E-state index in [2.05, 4.69) is 0 Å². The Morgan fingerprint density at radius 2 is 1.86 bits per heavy atom. The van der Waals surface area contributed by atoms with Crippen LogP contribution in [0.3, 0.4) is 0 Å². The number of ether oxygens (including phenoxy) is 2. The molecule has 29 heavy (non-hydrogen) atoms. The largest absolute Gasteiger partial charge is 0.491 e. The van der Waals surface area contributed by atoms with Crippen LogP contribution < -0.4 is 4.74 Å². The number of carbonyl (C=O) groups is 1. The molecule has 3 rings (SSSR count). The van der Waals surface area contributed by atoms with Gasteiger partial charge in [0.05, 0.1) is 22.8 Å². The molecule has 0 bridgehead atoms. The molecule has 0 unspecified atom stereocenters. The van der Waals surface area contributed by atoms with Gasteiger partial charge in [0.1, 0.15) is 0 Å². The first kappa shape index (κ1) is 22.5. The molecule has 0 spiro atoms. The zero-order chi connectivity index (χ0) is 21.0. The number of rotatable bonds is 7. The van der Waals surface area contributed by atoms with Crippen LogP contribution in [-0.2, 0) is 11.3 Å². The SMILES string of the molecule is CCOc1c(Cl)cc(C(=O)N(Cc2ccc(Cl)cc2Cl)C[C@@H]2CCCO2)cc1Cl. The first-order valence-electron chi connectivity index (χ1n) is 9.35. The highest BCUT2D eigenvalue weighted by molar-refractivity contribution is 6.37.